The fraction of sp³-hybridized carbons (Fsp3) is 0.348. The van der Waals surface area contributed by atoms with Gasteiger partial charge in [-0.15, -0.1) is 0 Å². The van der Waals surface area contributed by atoms with Gasteiger partial charge in [-0.05, 0) is 48.2 Å². The summed E-state index contributed by atoms with van der Waals surface area (Å²) < 4.78 is 10.8. The highest BCUT2D eigenvalue weighted by Gasteiger charge is 2.43. The summed E-state index contributed by atoms with van der Waals surface area (Å²) in [5, 5.41) is 2.89. The number of nitrogens with one attached hydrogen (secondary N) is 1. The smallest absolute Gasteiger partial charge is 0.256 e. The third-order valence-electron chi connectivity index (χ3n) is 6.40. The molecule has 158 valence electrons. The summed E-state index contributed by atoms with van der Waals surface area (Å²) in [7, 11) is 0. The first-order valence-electron chi connectivity index (χ1n) is 10.5. The van der Waals surface area contributed by atoms with Crippen molar-refractivity contribution in [2.75, 3.05) is 31.7 Å². The van der Waals surface area contributed by atoms with Gasteiger partial charge < -0.3 is 24.6 Å². The molecule has 6 rings (SSSR count). The number of piperazine rings is 1. The Kier molecular flexibility index (Phi) is 3.96. The molecule has 1 saturated heterocycles. The minimum Gasteiger partial charge on any atom is -0.454 e. The molecule has 4 aliphatic rings. The Bertz CT molecular complexity index is 1130. The second kappa shape index (κ2) is 6.73. The zero-order valence-corrected chi connectivity index (χ0v) is 16.8. The summed E-state index contributed by atoms with van der Waals surface area (Å²) in [6.07, 6.45) is 1.84. The molecule has 2 aromatic rings. The Balaban J connectivity index is 1.31. The van der Waals surface area contributed by atoms with Crippen LogP contribution in [0.25, 0.3) is 11.1 Å². The van der Waals surface area contributed by atoms with E-state index in [0.717, 1.165) is 24.0 Å². The molecule has 0 spiro atoms. The van der Waals surface area contributed by atoms with Crippen LogP contribution in [0.4, 0.5) is 5.69 Å². The van der Waals surface area contributed by atoms with Crippen LogP contribution >= 0.6 is 0 Å². The maximum atomic E-state index is 13.4. The number of rotatable bonds is 2. The van der Waals surface area contributed by atoms with Gasteiger partial charge in [0.15, 0.2) is 11.5 Å². The molecule has 31 heavy (non-hydrogen) atoms. The van der Waals surface area contributed by atoms with E-state index in [1.165, 1.54) is 0 Å². The molecule has 1 aliphatic carbocycles. The molecule has 3 heterocycles. The lowest BCUT2D eigenvalue weighted by Crippen LogP contribution is -2.59. The Morgan fingerprint density at radius 2 is 1.74 bits per heavy atom. The molecule has 8 heteroatoms. The van der Waals surface area contributed by atoms with Crippen molar-refractivity contribution in [3.8, 4) is 22.6 Å². The predicted molar refractivity (Wildman–Crippen MR) is 111 cm³/mol. The molecule has 1 atom stereocenters. The number of benzene rings is 2. The van der Waals surface area contributed by atoms with Gasteiger partial charge in [0.25, 0.3) is 5.91 Å². The predicted octanol–water partition coefficient (Wildman–Crippen LogP) is 2.10. The Hall–Kier alpha value is -3.55. The Morgan fingerprint density at radius 3 is 2.58 bits per heavy atom. The fourth-order valence-corrected chi connectivity index (χ4v) is 4.50. The number of amides is 3. The maximum absolute atomic E-state index is 13.4. The third kappa shape index (κ3) is 3.01. The van der Waals surface area contributed by atoms with Crippen molar-refractivity contribution in [2.45, 2.75) is 18.9 Å². The summed E-state index contributed by atoms with van der Waals surface area (Å²) in [6.45, 7) is 1.26. The highest BCUT2D eigenvalue weighted by molar-refractivity contribution is 6.11. The first-order valence-corrected chi connectivity index (χ1v) is 10.5. The van der Waals surface area contributed by atoms with E-state index in [1.54, 1.807) is 21.9 Å². The maximum Gasteiger partial charge on any atom is 0.256 e. The molecule has 3 aliphatic heterocycles. The first-order chi connectivity index (χ1) is 15.1. The number of ether oxygens (including phenoxy) is 2. The van der Waals surface area contributed by atoms with Crippen LogP contribution in [0.1, 0.15) is 23.2 Å². The van der Waals surface area contributed by atoms with Crippen LogP contribution < -0.4 is 14.8 Å². The monoisotopic (exact) mass is 419 g/mol. The van der Waals surface area contributed by atoms with Gasteiger partial charge in [-0.2, -0.15) is 0 Å². The van der Waals surface area contributed by atoms with Gasteiger partial charge in [-0.25, -0.2) is 0 Å². The molecular formula is C23H21N3O5. The fourth-order valence-electron chi connectivity index (χ4n) is 4.50. The molecule has 0 aromatic heterocycles. The number of carbonyl (C=O) groups is 3. The summed E-state index contributed by atoms with van der Waals surface area (Å²) >= 11 is 0. The van der Waals surface area contributed by atoms with Crippen molar-refractivity contribution in [1.29, 1.82) is 0 Å². The average molecular weight is 419 g/mol. The number of carbonyl (C=O) groups excluding carboxylic acids is 3. The molecule has 0 bridgehead atoms. The normalized spacial score (nSPS) is 21.9. The zero-order valence-electron chi connectivity index (χ0n) is 16.8. The van der Waals surface area contributed by atoms with Gasteiger partial charge in [0.2, 0.25) is 18.6 Å². The lowest BCUT2D eigenvalue weighted by molar-refractivity contribution is -0.136. The summed E-state index contributed by atoms with van der Waals surface area (Å²) in [5.41, 5.74) is 2.69. The summed E-state index contributed by atoms with van der Waals surface area (Å²) in [5.74, 6) is 1.12. The molecule has 2 aromatic carbocycles. The van der Waals surface area contributed by atoms with Crippen LogP contribution in [0, 0.1) is 5.92 Å². The van der Waals surface area contributed by atoms with Crippen LogP contribution in [0.2, 0.25) is 0 Å². The topological polar surface area (TPSA) is 88.2 Å². The number of fused-ring (bicyclic) bond motifs is 3. The standard InChI is InChI=1S/C23H21N3O5/c27-21-18-11-25(22(28)13-1-2-13)7-8-26(18)23(29)16-9-14(3-5-17(16)24-21)15-4-6-19-20(10-15)31-12-30-19/h3-6,9-10,13,18H,1-2,7-8,11-12H2,(H,24,27). The highest BCUT2D eigenvalue weighted by atomic mass is 16.7. The number of anilines is 1. The van der Waals surface area contributed by atoms with Crippen molar-refractivity contribution in [3.63, 3.8) is 0 Å². The second-order valence-electron chi connectivity index (χ2n) is 8.39. The molecular weight excluding hydrogens is 398 g/mol. The van der Waals surface area contributed by atoms with E-state index < -0.39 is 6.04 Å². The van der Waals surface area contributed by atoms with Crippen LogP contribution in [0.15, 0.2) is 36.4 Å². The van der Waals surface area contributed by atoms with E-state index in [0.29, 0.717) is 35.8 Å². The highest BCUT2D eigenvalue weighted by Crippen LogP contribution is 2.38. The van der Waals surface area contributed by atoms with Gasteiger partial charge >= 0.3 is 0 Å². The minimum absolute atomic E-state index is 0.0950. The first kappa shape index (κ1) is 18.2. The van der Waals surface area contributed by atoms with E-state index in [1.807, 2.05) is 24.3 Å². The largest absolute Gasteiger partial charge is 0.454 e. The second-order valence-corrected chi connectivity index (χ2v) is 8.39. The van der Waals surface area contributed by atoms with Crippen molar-refractivity contribution in [2.24, 2.45) is 5.92 Å². The minimum atomic E-state index is -0.676. The number of nitrogens with zero attached hydrogens (tertiary/aromatic N) is 2. The number of hydrogen-bond donors (Lipinski definition) is 1. The van der Waals surface area contributed by atoms with E-state index in [9.17, 15) is 14.4 Å². The summed E-state index contributed by atoms with van der Waals surface area (Å²) in [6, 6.07) is 10.4. The zero-order chi connectivity index (χ0) is 21.1. The van der Waals surface area contributed by atoms with E-state index in [4.69, 9.17) is 9.47 Å². The molecule has 0 radical (unpaired) electrons. The van der Waals surface area contributed by atoms with Gasteiger partial charge in [0.05, 0.1) is 17.8 Å². The van der Waals surface area contributed by atoms with Crippen molar-refractivity contribution in [1.82, 2.24) is 9.80 Å². The van der Waals surface area contributed by atoms with Crippen LogP contribution in [0.5, 0.6) is 11.5 Å². The van der Waals surface area contributed by atoms with E-state index >= 15 is 0 Å². The van der Waals surface area contributed by atoms with Crippen LogP contribution in [0.3, 0.4) is 0 Å². The van der Waals surface area contributed by atoms with Crippen molar-refractivity contribution >= 4 is 23.4 Å². The average Bonchev–Trinajstić information content (AvgIpc) is 3.55. The molecule has 1 N–H and O–H groups in total. The Labute approximate surface area is 178 Å². The molecule has 3 amide bonds. The van der Waals surface area contributed by atoms with Gasteiger partial charge in [-0.1, -0.05) is 12.1 Å². The molecule has 2 fully saturated rings. The molecule has 8 nitrogen and oxygen atoms in total. The lowest BCUT2D eigenvalue weighted by Gasteiger charge is -2.39. The number of hydrogen-bond acceptors (Lipinski definition) is 5. The summed E-state index contributed by atoms with van der Waals surface area (Å²) in [4.78, 5) is 42.1. The van der Waals surface area contributed by atoms with E-state index in [2.05, 4.69) is 5.32 Å². The van der Waals surface area contributed by atoms with Gasteiger partial charge in [0, 0.05) is 19.0 Å². The SMILES string of the molecule is O=C1Nc2ccc(-c3ccc4c(c3)OCO4)cc2C(=O)N2CCN(C(=O)C3CC3)CC12. The van der Waals surface area contributed by atoms with Crippen molar-refractivity contribution in [3.05, 3.63) is 42.0 Å². The van der Waals surface area contributed by atoms with Crippen molar-refractivity contribution < 1.29 is 23.9 Å². The molecule has 1 unspecified atom stereocenters. The van der Waals surface area contributed by atoms with Crippen LogP contribution in [-0.2, 0) is 9.59 Å². The third-order valence-corrected chi connectivity index (χ3v) is 6.40. The van der Waals surface area contributed by atoms with Crippen LogP contribution in [-0.4, -0.2) is 60.0 Å². The van der Waals surface area contributed by atoms with Gasteiger partial charge in [0.1, 0.15) is 6.04 Å². The van der Waals surface area contributed by atoms with E-state index in [-0.39, 0.29) is 37.0 Å². The Morgan fingerprint density at radius 1 is 0.968 bits per heavy atom. The van der Waals surface area contributed by atoms with Gasteiger partial charge in [-0.3, -0.25) is 14.4 Å². The lowest BCUT2D eigenvalue weighted by atomic mass is 10.0. The molecule has 1 saturated carbocycles. The quantitative estimate of drug-likeness (QED) is 0.806.